The number of hydrogen-bond donors (Lipinski definition) is 1. The Morgan fingerprint density at radius 1 is 1.30 bits per heavy atom. The molecule has 0 saturated heterocycles. The molecule has 0 aliphatic heterocycles. The van der Waals surface area contributed by atoms with E-state index < -0.39 is 0 Å². The van der Waals surface area contributed by atoms with Crippen molar-refractivity contribution in [1.29, 1.82) is 0 Å². The quantitative estimate of drug-likeness (QED) is 0.702. The fraction of sp³-hybridized carbons (Fsp3) is 0.188. The van der Waals surface area contributed by atoms with Gasteiger partial charge in [-0.3, -0.25) is 4.79 Å². The number of amides is 1. The summed E-state index contributed by atoms with van der Waals surface area (Å²) < 4.78 is 6.10. The predicted octanol–water partition coefficient (Wildman–Crippen LogP) is 4.69. The Labute approximate surface area is 144 Å². The Bertz CT molecular complexity index is 870. The molecule has 23 heavy (non-hydrogen) atoms. The molecule has 1 N–H and O–H groups in total. The molecule has 1 aromatic carbocycles. The number of rotatable bonds is 4. The van der Waals surface area contributed by atoms with Gasteiger partial charge in [-0.25, -0.2) is 0 Å². The lowest BCUT2D eigenvalue weighted by molar-refractivity contribution is 0.102. The lowest BCUT2D eigenvalue weighted by atomic mass is 10.2. The molecule has 116 valence electrons. The fourth-order valence-corrected chi connectivity index (χ4v) is 3.48. The number of anilines is 1. The summed E-state index contributed by atoms with van der Waals surface area (Å²) in [4.78, 5) is 17.7. The van der Waals surface area contributed by atoms with Gasteiger partial charge < -0.3 is 9.84 Å². The zero-order valence-corrected chi connectivity index (χ0v) is 14.4. The first-order chi connectivity index (χ1) is 11.2. The first-order valence-electron chi connectivity index (χ1n) is 7.19. The summed E-state index contributed by atoms with van der Waals surface area (Å²) in [5.41, 5.74) is 1.26. The predicted molar refractivity (Wildman–Crippen MR) is 91.7 cm³/mol. The van der Waals surface area contributed by atoms with E-state index in [0.29, 0.717) is 23.1 Å². The van der Waals surface area contributed by atoms with Crippen LogP contribution in [0.25, 0.3) is 10.8 Å². The van der Waals surface area contributed by atoms with Crippen LogP contribution in [0.5, 0.6) is 0 Å². The van der Waals surface area contributed by atoms with Gasteiger partial charge in [0.15, 0.2) is 5.82 Å². The Balaban J connectivity index is 1.59. The molecule has 5 nitrogen and oxygen atoms in total. The Hall–Kier alpha value is -1.99. The summed E-state index contributed by atoms with van der Waals surface area (Å²) in [6.45, 7) is 0. The van der Waals surface area contributed by atoms with Crippen LogP contribution in [-0.2, 0) is 0 Å². The van der Waals surface area contributed by atoms with Gasteiger partial charge >= 0.3 is 0 Å². The molecule has 0 spiro atoms. The summed E-state index contributed by atoms with van der Waals surface area (Å²) in [5.74, 6) is 1.48. The van der Waals surface area contributed by atoms with Crippen molar-refractivity contribution in [2.24, 2.45) is 0 Å². The average Bonchev–Trinajstić information content (AvgIpc) is 3.10. The summed E-state index contributed by atoms with van der Waals surface area (Å²) in [6.07, 6.45) is 2.24. The van der Waals surface area contributed by atoms with Gasteiger partial charge in [0.05, 0.1) is 11.3 Å². The number of nitrogens with one attached hydrogen (secondary N) is 1. The number of benzene rings is 1. The maximum Gasteiger partial charge on any atom is 0.270 e. The largest absolute Gasteiger partial charge is 0.333 e. The van der Waals surface area contributed by atoms with E-state index in [9.17, 15) is 4.79 Å². The number of halogens is 1. The standard InChI is InChI=1S/C16H12BrN3O2S/c17-11-4-2-1-3-10(11)15(21)18-12-7-8-23-13(12)16-19-14(20-22-16)9-5-6-9/h1-4,7-9H,5-6H2,(H,18,21). The number of aromatic nitrogens is 2. The molecule has 3 aromatic rings. The first-order valence-corrected chi connectivity index (χ1v) is 8.87. The summed E-state index contributed by atoms with van der Waals surface area (Å²) in [6, 6.07) is 9.14. The van der Waals surface area contributed by atoms with E-state index in [4.69, 9.17) is 4.52 Å². The highest BCUT2D eigenvalue weighted by molar-refractivity contribution is 9.10. The summed E-state index contributed by atoms with van der Waals surface area (Å²) in [5, 5.41) is 8.84. The van der Waals surface area contributed by atoms with Crippen molar-refractivity contribution < 1.29 is 9.32 Å². The number of hydrogen-bond acceptors (Lipinski definition) is 5. The van der Waals surface area contributed by atoms with Crippen LogP contribution < -0.4 is 5.32 Å². The van der Waals surface area contributed by atoms with Crippen LogP contribution in [0.4, 0.5) is 5.69 Å². The monoisotopic (exact) mass is 389 g/mol. The number of carbonyl (C=O) groups excluding carboxylic acids is 1. The molecule has 1 aliphatic rings. The normalized spacial score (nSPS) is 14.0. The molecule has 2 heterocycles. The zero-order chi connectivity index (χ0) is 15.8. The van der Waals surface area contributed by atoms with E-state index in [1.807, 2.05) is 29.6 Å². The maximum absolute atomic E-state index is 12.4. The van der Waals surface area contributed by atoms with Crippen molar-refractivity contribution in [3.8, 4) is 10.8 Å². The third-order valence-electron chi connectivity index (χ3n) is 3.61. The summed E-state index contributed by atoms with van der Waals surface area (Å²) in [7, 11) is 0. The molecule has 1 saturated carbocycles. The van der Waals surface area contributed by atoms with E-state index in [-0.39, 0.29) is 5.91 Å². The van der Waals surface area contributed by atoms with Gasteiger partial charge in [-0.05, 0) is 52.4 Å². The topological polar surface area (TPSA) is 68.0 Å². The highest BCUT2D eigenvalue weighted by Crippen LogP contribution is 2.40. The number of thiophene rings is 1. The van der Waals surface area contributed by atoms with Crippen molar-refractivity contribution in [2.45, 2.75) is 18.8 Å². The molecule has 4 rings (SSSR count). The lowest BCUT2D eigenvalue weighted by Gasteiger charge is -2.06. The van der Waals surface area contributed by atoms with Gasteiger partial charge in [-0.2, -0.15) is 4.98 Å². The molecule has 1 fully saturated rings. The molecule has 0 atom stereocenters. The second-order valence-electron chi connectivity index (χ2n) is 5.33. The summed E-state index contributed by atoms with van der Waals surface area (Å²) >= 11 is 4.86. The lowest BCUT2D eigenvalue weighted by Crippen LogP contribution is -2.12. The minimum absolute atomic E-state index is 0.181. The van der Waals surface area contributed by atoms with Crippen LogP contribution in [-0.4, -0.2) is 16.0 Å². The molecule has 1 aliphatic carbocycles. The van der Waals surface area contributed by atoms with E-state index >= 15 is 0 Å². The molecule has 7 heteroatoms. The minimum Gasteiger partial charge on any atom is -0.333 e. The van der Waals surface area contributed by atoms with Crippen LogP contribution in [0.3, 0.4) is 0 Å². The van der Waals surface area contributed by atoms with Crippen molar-refractivity contribution >= 4 is 38.9 Å². The fourth-order valence-electron chi connectivity index (χ4n) is 2.24. The van der Waals surface area contributed by atoms with Crippen LogP contribution in [0.15, 0.2) is 44.7 Å². The third kappa shape index (κ3) is 2.94. The van der Waals surface area contributed by atoms with Crippen molar-refractivity contribution in [1.82, 2.24) is 10.1 Å². The van der Waals surface area contributed by atoms with E-state index in [1.54, 1.807) is 6.07 Å². The highest BCUT2D eigenvalue weighted by atomic mass is 79.9. The number of carbonyl (C=O) groups is 1. The van der Waals surface area contributed by atoms with E-state index in [2.05, 4.69) is 31.4 Å². The van der Waals surface area contributed by atoms with Crippen molar-refractivity contribution in [3.63, 3.8) is 0 Å². The van der Waals surface area contributed by atoms with Crippen molar-refractivity contribution in [3.05, 3.63) is 51.6 Å². The van der Waals surface area contributed by atoms with Crippen LogP contribution in [0.1, 0.15) is 34.9 Å². The minimum atomic E-state index is -0.181. The molecule has 2 aromatic heterocycles. The Morgan fingerprint density at radius 3 is 2.91 bits per heavy atom. The molecule has 0 radical (unpaired) electrons. The second-order valence-corrected chi connectivity index (χ2v) is 7.10. The van der Waals surface area contributed by atoms with Crippen LogP contribution in [0.2, 0.25) is 0 Å². The van der Waals surface area contributed by atoms with Gasteiger partial charge in [0, 0.05) is 10.4 Å². The molecular formula is C16H12BrN3O2S. The van der Waals surface area contributed by atoms with Crippen LogP contribution in [0, 0.1) is 0 Å². The smallest absolute Gasteiger partial charge is 0.270 e. The third-order valence-corrected chi connectivity index (χ3v) is 5.20. The van der Waals surface area contributed by atoms with Gasteiger partial charge in [0.25, 0.3) is 11.8 Å². The molecule has 0 unspecified atom stereocenters. The SMILES string of the molecule is O=C(Nc1ccsc1-c1nc(C2CC2)no1)c1ccccc1Br. The number of nitrogens with zero attached hydrogens (tertiary/aromatic N) is 2. The van der Waals surface area contributed by atoms with Gasteiger partial charge in [0.2, 0.25) is 0 Å². The molecule has 0 bridgehead atoms. The van der Waals surface area contributed by atoms with Crippen molar-refractivity contribution in [2.75, 3.05) is 5.32 Å². The van der Waals surface area contributed by atoms with Gasteiger partial charge in [-0.15, -0.1) is 11.3 Å². The molecular weight excluding hydrogens is 378 g/mol. The Morgan fingerprint density at radius 2 is 2.13 bits per heavy atom. The average molecular weight is 390 g/mol. The van der Waals surface area contributed by atoms with Gasteiger partial charge in [-0.1, -0.05) is 17.3 Å². The zero-order valence-electron chi connectivity index (χ0n) is 12.0. The first kappa shape index (κ1) is 14.6. The van der Waals surface area contributed by atoms with E-state index in [1.165, 1.54) is 11.3 Å². The van der Waals surface area contributed by atoms with Crippen LogP contribution >= 0.6 is 27.3 Å². The maximum atomic E-state index is 12.4. The van der Waals surface area contributed by atoms with Gasteiger partial charge in [0.1, 0.15) is 4.88 Å². The molecule has 1 amide bonds. The highest BCUT2D eigenvalue weighted by Gasteiger charge is 2.29. The second kappa shape index (κ2) is 5.90. The Kier molecular flexibility index (Phi) is 3.74. The van der Waals surface area contributed by atoms with E-state index in [0.717, 1.165) is 28.0 Å².